The molecule has 1 N–H and O–H groups in total. The molecule has 0 radical (unpaired) electrons. The van der Waals surface area contributed by atoms with E-state index in [1.165, 1.54) is 22.5 Å². The van der Waals surface area contributed by atoms with E-state index < -0.39 is 5.60 Å². The van der Waals surface area contributed by atoms with Crippen LogP contribution in [-0.4, -0.2) is 24.8 Å². The van der Waals surface area contributed by atoms with E-state index in [1.807, 2.05) is 20.8 Å². The van der Waals surface area contributed by atoms with Crippen LogP contribution in [0.2, 0.25) is 0 Å². The summed E-state index contributed by atoms with van der Waals surface area (Å²) in [5, 5.41) is 2.83. The van der Waals surface area contributed by atoms with Crippen LogP contribution in [0.25, 0.3) is 12.2 Å². The molecule has 4 heteroatoms. The molecule has 0 aromatic heterocycles. The average Bonchev–Trinajstić information content (AvgIpc) is 2.83. The predicted molar refractivity (Wildman–Crippen MR) is 128 cm³/mol. The highest BCUT2D eigenvalue weighted by Gasteiger charge is 2.17. The summed E-state index contributed by atoms with van der Waals surface area (Å²) in [4.78, 5) is 14.1. The topological polar surface area (TPSA) is 41.6 Å². The summed E-state index contributed by atoms with van der Waals surface area (Å²) in [5.41, 5.74) is 4.59. The number of nitrogens with one attached hydrogen (secondary N) is 1. The van der Waals surface area contributed by atoms with E-state index in [0.29, 0.717) is 6.54 Å². The third-order valence-corrected chi connectivity index (χ3v) is 4.87. The zero-order chi connectivity index (χ0) is 20.7. The number of carbonyl (C=O) groups excluding carboxylic acids is 1. The van der Waals surface area contributed by atoms with E-state index in [9.17, 15) is 4.79 Å². The molecular formula is C26H36N2O2. The maximum absolute atomic E-state index is 11.7. The van der Waals surface area contributed by atoms with Crippen LogP contribution < -0.4 is 10.2 Å². The highest BCUT2D eigenvalue weighted by atomic mass is 16.6. The van der Waals surface area contributed by atoms with Crippen LogP contribution in [0.1, 0.15) is 65.0 Å². The van der Waals surface area contributed by atoms with Crippen LogP contribution in [-0.2, 0) is 4.74 Å². The molecule has 0 atom stereocenters. The fourth-order valence-electron chi connectivity index (χ4n) is 3.55. The molecule has 1 aliphatic rings. The molecule has 3 rings (SSSR count). The van der Waals surface area contributed by atoms with E-state index in [4.69, 9.17) is 4.74 Å². The number of unbranched alkanes of at least 4 members (excludes halogenated alkanes) is 3. The lowest BCUT2D eigenvalue weighted by Gasteiger charge is -2.27. The van der Waals surface area contributed by atoms with Gasteiger partial charge in [-0.3, -0.25) is 0 Å². The van der Waals surface area contributed by atoms with E-state index in [-0.39, 0.29) is 13.5 Å². The van der Waals surface area contributed by atoms with E-state index in [2.05, 4.69) is 70.9 Å². The molecule has 0 saturated carbocycles. The Bertz CT molecular complexity index is 803. The summed E-state index contributed by atoms with van der Waals surface area (Å²) in [7, 11) is 0. The van der Waals surface area contributed by atoms with E-state index in [1.54, 1.807) is 0 Å². The number of nitrogens with zero attached hydrogens (tertiary/aromatic N) is 1. The van der Waals surface area contributed by atoms with E-state index >= 15 is 0 Å². The summed E-state index contributed by atoms with van der Waals surface area (Å²) >= 11 is 0. The van der Waals surface area contributed by atoms with Crippen molar-refractivity contribution in [2.45, 2.75) is 59.5 Å². The van der Waals surface area contributed by atoms with Gasteiger partial charge in [0.25, 0.3) is 0 Å². The molecule has 2 aromatic carbocycles. The third kappa shape index (κ3) is 6.65. The molecule has 1 amide bonds. The number of carbonyl (C=O) groups is 1. The first kappa shape index (κ1) is 23.5. The number of fused-ring (bicyclic) bond motifs is 2. The normalized spacial score (nSPS) is 12.3. The van der Waals surface area contributed by atoms with Gasteiger partial charge in [-0.15, -0.1) is 0 Å². The number of alkyl carbamates (subject to hydrolysis) is 1. The Morgan fingerprint density at radius 2 is 1.40 bits per heavy atom. The first-order valence-electron chi connectivity index (χ1n) is 10.5. The smallest absolute Gasteiger partial charge is 0.407 e. The second-order valence-corrected chi connectivity index (χ2v) is 8.45. The lowest BCUT2D eigenvalue weighted by molar-refractivity contribution is 0.0527. The fraction of sp³-hybridized carbons (Fsp3) is 0.423. The van der Waals surface area contributed by atoms with Crippen molar-refractivity contribution < 1.29 is 9.53 Å². The summed E-state index contributed by atoms with van der Waals surface area (Å²) < 4.78 is 5.26. The first-order valence-corrected chi connectivity index (χ1v) is 10.5. The van der Waals surface area contributed by atoms with Crippen molar-refractivity contribution in [1.82, 2.24) is 5.32 Å². The van der Waals surface area contributed by atoms with Crippen LogP contribution in [0, 0.1) is 0 Å². The molecule has 4 nitrogen and oxygen atoms in total. The van der Waals surface area contributed by atoms with Crippen LogP contribution in [0.5, 0.6) is 0 Å². The largest absolute Gasteiger partial charge is 0.444 e. The standard InChI is InChI=1S/C25H32N2O2.CH4/c1-25(2,3)29-24(28)26-18-10-4-5-11-19-27-22-14-8-6-12-20(22)16-17-21-13-7-9-15-23(21)27;/h6-9,12-17H,4-5,10-11,18-19H2,1-3H3,(H,26,28);1H4. The summed E-state index contributed by atoms with van der Waals surface area (Å²) in [6.45, 7) is 7.27. The predicted octanol–water partition coefficient (Wildman–Crippen LogP) is 7.03. The molecule has 1 heterocycles. The monoisotopic (exact) mass is 408 g/mol. The molecule has 0 aliphatic carbocycles. The molecule has 162 valence electrons. The lowest BCUT2D eigenvalue weighted by Crippen LogP contribution is -2.33. The number of benzene rings is 2. The highest BCUT2D eigenvalue weighted by molar-refractivity contribution is 5.88. The van der Waals surface area contributed by atoms with Crippen LogP contribution in [0.15, 0.2) is 48.5 Å². The molecular weight excluding hydrogens is 372 g/mol. The van der Waals surface area contributed by atoms with Gasteiger partial charge in [0.05, 0.1) is 0 Å². The maximum atomic E-state index is 11.7. The number of para-hydroxylation sites is 2. The van der Waals surface area contributed by atoms with Gasteiger partial charge in [-0.25, -0.2) is 4.79 Å². The maximum Gasteiger partial charge on any atom is 0.407 e. The molecule has 0 unspecified atom stereocenters. The van der Waals surface area contributed by atoms with Gasteiger partial charge in [-0.05, 0) is 56.9 Å². The SMILES string of the molecule is C.CC(C)(C)OC(=O)NCCCCCCN1c2ccccc2C=Cc2ccccc21. The van der Waals surface area contributed by atoms with Gasteiger partial charge in [0.15, 0.2) is 0 Å². The van der Waals surface area contributed by atoms with Crippen LogP contribution >= 0.6 is 0 Å². The number of ether oxygens (including phenoxy) is 1. The molecule has 1 aliphatic heterocycles. The zero-order valence-corrected chi connectivity index (χ0v) is 17.8. The van der Waals surface area contributed by atoms with Gasteiger partial charge in [0.1, 0.15) is 5.60 Å². The zero-order valence-electron chi connectivity index (χ0n) is 17.8. The average molecular weight is 409 g/mol. The minimum atomic E-state index is -0.446. The Morgan fingerprint density at radius 1 is 0.867 bits per heavy atom. The Kier molecular flexibility index (Phi) is 8.52. The van der Waals surface area contributed by atoms with Crippen LogP contribution in [0.4, 0.5) is 16.2 Å². The number of amides is 1. The minimum Gasteiger partial charge on any atom is -0.444 e. The molecule has 0 saturated heterocycles. The summed E-state index contributed by atoms with van der Waals surface area (Å²) in [6.07, 6.45) is 8.37. The van der Waals surface area contributed by atoms with Crippen molar-refractivity contribution in [3.05, 3.63) is 59.7 Å². The van der Waals surface area contributed by atoms with Gasteiger partial charge < -0.3 is 15.0 Å². The van der Waals surface area contributed by atoms with Gasteiger partial charge in [0, 0.05) is 24.5 Å². The number of anilines is 2. The van der Waals surface area contributed by atoms with Crippen molar-refractivity contribution in [3.63, 3.8) is 0 Å². The second-order valence-electron chi connectivity index (χ2n) is 8.45. The Labute approximate surface area is 181 Å². The Hall–Kier alpha value is -2.75. The van der Waals surface area contributed by atoms with Crippen molar-refractivity contribution in [1.29, 1.82) is 0 Å². The highest BCUT2D eigenvalue weighted by Crippen LogP contribution is 2.36. The summed E-state index contributed by atoms with van der Waals surface area (Å²) in [6, 6.07) is 17.1. The number of rotatable bonds is 7. The van der Waals surface area contributed by atoms with Gasteiger partial charge in [-0.1, -0.05) is 68.8 Å². The molecule has 0 fully saturated rings. The van der Waals surface area contributed by atoms with Crippen molar-refractivity contribution in [3.8, 4) is 0 Å². The molecule has 30 heavy (non-hydrogen) atoms. The minimum absolute atomic E-state index is 0. The Balaban J connectivity index is 0.00000320. The van der Waals surface area contributed by atoms with Gasteiger partial charge in [-0.2, -0.15) is 0 Å². The van der Waals surface area contributed by atoms with Crippen molar-refractivity contribution in [2.24, 2.45) is 0 Å². The van der Waals surface area contributed by atoms with Gasteiger partial charge >= 0.3 is 6.09 Å². The lowest BCUT2D eigenvalue weighted by atomic mass is 10.1. The molecule has 2 aromatic rings. The quantitative estimate of drug-likeness (QED) is 0.500. The second kappa shape index (κ2) is 10.9. The summed E-state index contributed by atoms with van der Waals surface area (Å²) in [5.74, 6) is 0. The third-order valence-electron chi connectivity index (χ3n) is 4.87. The number of hydrogen-bond donors (Lipinski definition) is 1. The first-order chi connectivity index (χ1) is 13.9. The molecule has 0 bridgehead atoms. The fourth-order valence-corrected chi connectivity index (χ4v) is 3.55. The van der Waals surface area contributed by atoms with Crippen LogP contribution in [0.3, 0.4) is 0 Å². The Morgan fingerprint density at radius 3 is 1.97 bits per heavy atom. The molecule has 0 spiro atoms. The van der Waals surface area contributed by atoms with Crippen molar-refractivity contribution >= 4 is 29.6 Å². The van der Waals surface area contributed by atoms with E-state index in [0.717, 1.165) is 32.2 Å². The van der Waals surface area contributed by atoms with Crippen molar-refractivity contribution in [2.75, 3.05) is 18.0 Å². The van der Waals surface area contributed by atoms with Gasteiger partial charge in [0.2, 0.25) is 0 Å². The number of hydrogen-bond acceptors (Lipinski definition) is 3.